The van der Waals surface area contributed by atoms with Crippen molar-refractivity contribution >= 4 is 21.5 Å². The van der Waals surface area contributed by atoms with Gasteiger partial charge in [0.2, 0.25) is 11.4 Å². The third-order valence-electron chi connectivity index (χ3n) is 14.2. The summed E-state index contributed by atoms with van der Waals surface area (Å²) in [7, 11) is 4.42. The lowest BCUT2D eigenvalue weighted by Gasteiger charge is -2.29. The Bertz CT molecular complexity index is 2460. The maximum Gasteiger partial charge on any atom is 0.220 e. The molecule has 3 unspecified atom stereocenters. The van der Waals surface area contributed by atoms with E-state index in [4.69, 9.17) is 0 Å². The molecule has 4 aromatic carbocycles. The monoisotopic (exact) mass is 803 g/mol. The van der Waals surface area contributed by atoms with Gasteiger partial charge in [0.1, 0.15) is 14.1 Å². The second-order valence-electron chi connectivity index (χ2n) is 21.2. The lowest BCUT2D eigenvalue weighted by atomic mass is 9.75. The normalized spacial score (nSPS) is 14.1. The van der Waals surface area contributed by atoms with Gasteiger partial charge in [0, 0.05) is 17.7 Å². The van der Waals surface area contributed by atoms with Crippen LogP contribution in [0.2, 0.25) is 0 Å². The topological polar surface area (TPSA) is 7.76 Å². The highest BCUT2D eigenvalue weighted by Gasteiger charge is 2.28. The van der Waals surface area contributed by atoms with Crippen LogP contribution in [-0.4, -0.2) is 0 Å². The first-order valence-corrected chi connectivity index (χ1v) is 23.3. The van der Waals surface area contributed by atoms with E-state index in [-0.39, 0.29) is 5.41 Å². The van der Waals surface area contributed by atoms with Crippen molar-refractivity contribution < 1.29 is 9.13 Å². The molecule has 0 saturated heterocycles. The maximum atomic E-state index is 2.55. The molecule has 0 N–H and O–H groups in total. The van der Waals surface area contributed by atoms with Gasteiger partial charge in [-0.25, -0.2) is 9.13 Å². The highest BCUT2D eigenvalue weighted by Crippen LogP contribution is 2.42. The molecule has 0 aliphatic heterocycles. The second kappa shape index (κ2) is 18.0. The van der Waals surface area contributed by atoms with Crippen molar-refractivity contribution in [3.63, 3.8) is 0 Å². The van der Waals surface area contributed by atoms with Crippen molar-refractivity contribution in [2.24, 2.45) is 37.8 Å². The molecular formula is C58H78N2+2. The molecule has 2 nitrogen and oxygen atoms in total. The van der Waals surface area contributed by atoms with Crippen molar-refractivity contribution in [1.29, 1.82) is 0 Å². The Labute approximate surface area is 365 Å². The van der Waals surface area contributed by atoms with E-state index in [0.717, 1.165) is 6.42 Å². The number of hydrogen-bond donors (Lipinski definition) is 0. The third-order valence-corrected chi connectivity index (χ3v) is 14.2. The van der Waals surface area contributed by atoms with Crippen LogP contribution in [-0.2, 0) is 19.5 Å². The summed E-state index contributed by atoms with van der Waals surface area (Å²) < 4.78 is 4.67. The SMILES string of the molecule is Cc1ccc(C(C)(C)C)cc1-c1c2ccc(C(C(C)C)C(C)CCC(C)c3cc(-c4c5ccc(C(C(C)C)C(C)C)cc5cc[n+]4C)c(C)c(C(C)C)c3)cc2cc[n+]1C. The summed E-state index contributed by atoms with van der Waals surface area (Å²) in [6.07, 6.45) is 6.89. The molecule has 2 heterocycles. The lowest BCUT2D eigenvalue weighted by Crippen LogP contribution is -2.31. The summed E-state index contributed by atoms with van der Waals surface area (Å²) in [6, 6.07) is 31.4. The minimum absolute atomic E-state index is 0.0969. The van der Waals surface area contributed by atoms with Gasteiger partial charge in [-0.05, 0) is 153 Å². The molecule has 0 fully saturated rings. The Balaban J connectivity index is 1.31. The smallest absolute Gasteiger partial charge is 0.200 e. The van der Waals surface area contributed by atoms with Crippen LogP contribution in [0.5, 0.6) is 0 Å². The van der Waals surface area contributed by atoms with Crippen LogP contribution in [0.25, 0.3) is 44.1 Å². The van der Waals surface area contributed by atoms with Crippen LogP contribution < -0.4 is 9.13 Å². The molecule has 6 aromatic rings. The van der Waals surface area contributed by atoms with E-state index in [9.17, 15) is 0 Å². The van der Waals surface area contributed by atoms with Crippen LogP contribution in [0.4, 0.5) is 0 Å². The Morgan fingerprint density at radius 3 is 1.53 bits per heavy atom. The quantitative estimate of drug-likeness (QED) is 0.103. The van der Waals surface area contributed by atoms with E-state index in [0.29, 0.717) is 47.3 Å². The van der Waals surface area contributed by atoms with Gasteiger partial charge in [-0.2, -0.15) is 0 Å². The molecule has 2 aromatic heterocycles. The minimum Gasteiger partial charge on any atom is -0.200 e. The van der Waals surface area contributed by atoms with E-state index in [2.05, 4.69) is 218 Å². The predicted octanol–water partition coefficient (Wildman–Crippen LogP) is 15.4. The van der Waals surface area contributed by atoms with Crippen molar-refractivity contribution in [3.8, 4) is 22.5 Å². The number of hydrogen-bond acceptors (Lipinski definition) is 0. The maximum absolute atomic E-state index is 2.55. The summed E-state index contributed by atoms with van der Waals surface area (Å²) in [5.74, 6) is 4.23. The summed E-state index contributed by atoms with van der Waals surface area (Å²) in [5.41, 5.74) is 15.4. The van der Waals surface area contributed by atoms with Crippen molar-refractivity contribution in [2.45, 2.75) is 146 Å². The molecule has 60 heavy (non-hydrogen) atoms. The van der Waals surface area contributed by atoms with Crippen molar-refractivity contribution in [1.82, 2.24) is 0 Å². The first-order chi connectivity index (χ1) is 28.2. The molecule has 2 heteroatoms. The zero-order valence-corrected chi connectivity index (χ0v) is 40.6. The highest BCUT2D eigenvalue weighted by molar-refractivity contribution is 5.95. The number of pyridine rings is 2. The van der Waals surface area contributed by atoms with E-state index in [1.807, 2.05) is 0 Å². The van der Waals surface area contributed by atoms with Crippen molar-refractivity contribution in [2.75, 3.05) is 0 Å². The number of benzene rings is 4. The molecule has 0 saturated carbocycles. The first-order valence-electron chi connectivity index (χ1n) is 23.3. The van der Waals surface area contributed by atoms with Crippen LogP contribution in [0.1, 0.15) is 165 Å². The summed E-state index contributed by atoms with van der Waals surface area (Å²) >= 11 is 0. The van der Waals surface area contributed by atoms with Gasteiger partial charge in [0.05, 0.1) is 16.3 Å². The Kier molecular flexibility index (Phi) is 13.5. The van der Waals surface area contributed by atoms with E-state index >= 15 is 0 Å². The minimum atomic E-state index is 0.0969. The van der Waals surface area contributed by atoms with Crippen LogP contribution in [0.3, 0.4) is 0 Å². The van der Waals surface area contributed by atoms with Crippen LogP contribution in [0, 0.1) is 37.5 Å². The summed E-state index contributed by atoms with van der Waals surface area (Å²) in [6.45, 7) is 35.5. The largest absolute Gasteiger partial charge is 0.220 e. The number of rotatable bonds is 13. The van der Waals surface area contributed by atoms with E-state index in [1.54, 1.807) is 0 Å². The molecule has 3 atom stereocenters. The molecule has 0 spiro atoms. The molecule has 0 bridgehead atoms. The summed E-state index contributed by atoms with van der Waals surface area (Å²) in [5, 5.41) is 5.34. The van der Waals surface area contributed by atoms with Crippen LogP contribution in [0.15, 0.2) is 91.3 Å². The highest BCUT2D eigenvalue weighted by atomic mass is 14.9. The van der Waals surface area contributed by atoms with E-state index in [1.165, 1.54) is 89.4 Å². The molecule has 0 aliphatic carbocycles. The van der Waals surface area contributed by atoms with Gasteiger partial charge in [-0.1, -0.05) is 132 Å². The fraction of sp³-hybridized carbons (Fsp3) is 0.483. The summed E-state index contributed by atoms with van der Waals surface area (Å²) in [4.78, 5) is 0. The molecule has 0 amide bonds. The molecular weight excluding hydrogens is 725 g/mol. The van der Waals surface area contributed by atoms with Crippen LogP contribution >= 0.6 is 0 Å². The van der Waals surface area contributed by atoms with Gasteiger partial charge < -0.3 is 0 Å². The third kappa shape index (κ3) is 9.15. The van der Waals surface area contributed by atoms with Gasteiger partial charge >= 0.3 is 0 Å². The average Bonchev–Trinajstić information content (AvgIpc) is 3.16. The Hall–Kier alpha value is -4.30. The first kappa shape index (κ1) is 45.2. The predicted molar refractivity (Wildman–Crippen MR) is 260 cm³/mol. The number of aromatic nitrogens is 2. The Morgan fingerprint density at radius 2 is 1.03 bits per heavy atom. The number of aryl methyl sites for hydroxylation is 3. The second-order valence-corrected chi connectivity index (χ2v) is 21.2. The van der Waals surface area contributed by atoms with Crippen molar-refractivity contribution in [3.05, 3.63) is 130 Å². The molecule has 0 radical (unpaired) electrons. The zero-order chi connectivity index (χ0) is 44.0. The van der Waals surface area contributed by atoms with Gasteiger partial charge in [0.25, 0.3) is 0 Å². The average molecular weight is 803 g/mol. The molecule has 6 rings (SSSR count). The van der Waals surface area contributed by atoms with Gasteiger partial charge in [-0.3, -0.25) is 0 Å². The standard InChI is InChI=1S/C58H78N2/c1-35(2)51-32-47(33-53(42(51)12)57-50-24-21-45(54(36(3)4)37(5)6)30-43(50)27-29-60(57)17)39(9)18-19-41(11)55(38(7)8)46-22-25-49-44(31-46)26-28-59(16)56(49)52-34-48(58(13,14)15)23-20-40(52)10/h20-39,41,54-55H,18-19H2,1-17H3/q+2. The number of nitrogens with zero attached hydrogens (tertiary/aromatic N) is 2. The fourth-order valence-corrected chi connectivity index (χ4v) is 10.9. The molecule has 0 aliphatic rings. The lowest BCUT2D eigenvalue weighted by molar-refractivity contribution is -0.659. The Morgan fingerprint density at radius 1 is 0.517 bits per heavy atom. The molecule has 318 valence electrons. The fourth-order valence-electron chi connectivity index (χ4n) is 10.9. The van der Waals surface area contributed by atoms with Gasteiger partial charge in [0.15, 0.2) is 12.4 Å². The van der Waals surface area contributed by atoms with E-state index < -0.39 is 0 Å². The van der Waals surface area contributed by atoms with Gasteiger partial charge in [-0.15, -0.1) is 0 Å². The number of fused-ring (bicyclic) bond motifs is 2. The zero-order valence-electron chi connectivity index (χ0n) is 40.6.